The average molecular weight is 515 g/mol. The SMILES string of the molecule is Nc1cc(N)cc(C(=O)OCCCOc2ccc(/C=C/C(=O)Oc3ccc(C4CCCCC4)cc3)cc2)c1. The van der Waals surface area contributed by atoms with Crippen molar-refractivity contribution in [1.82, 2.24) is 0 Å². The molecule has 0 atom stereocenters. The van der Waals surface area contributed by atoms with Crippen LogP contribution in [0, 0.1) is 0 Å². The van der Waals surface area contributed by atoms with E-state index in [1.165, 1.54) is 55.9 Å². The smallest absolute Gasteiger partial charge is 0.338 e. The van der Waals surface area contributed by atoms with Gasteiger partial charge < -0.3 is 25.7 Å². The van der Waals surface area contributed by atoms with Gasteiger partial charge in [-0.3, -0.25) is 0 Å². The number of carbonyl (C=O) groups is 2. The van der Waals surface area contributed by atoms with Crippen molar-refractivity contribution < 1.29 is 23.8 Å². The third kappa shape index (κ3) is 8.13. The van der Waals surface area contributed by atoms with Gasteiger partial charge in [-0.25, -0.2) is 9.59 Å². The second kappa shape index (κ2) is 13.3. The summed E-state index contributed by atoms with van der Waals surface area (Å²) in [5, 5.41) is 0. The number of anilines is 2. The molecule has 198 valence electrons. The summed E-state index contributed by atoms with van der Waals surface area (Å²) in [6.45, 7) is 0.590. The second-order valence-electron chi connectivity index (χ2n) is 9.45. The molecular formula is C31H34N2O5. The van der Waals surface area contributed by atoms with Crippen LogP contribution in [0.2, 0.25) is 0 Å². The van der Waals surface area contributed by atoms with Crippen LogP contribution >= 0.6 is 0 Å². The van der Waals surface area contributed by atoms with E-state index in [1.807, 2.05) is 36.4 Å². The van der Waals surface area contributed by atoms with E-state index < -0.39 is 11.9 Å². The number of rotatable bonds is 10. The van der Waals surface area contributed by atoms with Gasteiger partial charge in [-0.15, -0.1) is 0 Å². The van der Waals surface area contributed by atoms with Gasteiger partial charge in [0.05, 0.1) is 18.8 Å². The molecule has 1 aliphatic rings. The molecule has 1 fully saturated rings. The molecule has 0 aromatic heterocycles. The Kier molecular flexibility index (Phi) is 9.40. The Morgan fingerprint density at radius 2 is 1.47 bits per heavy atom. The molecule has 38 heavy (non-hydrogen) atoms. The van der Waals surface area contributed by atoms with E-state index in [0.717, 1.165) is 5.56 Å². The average Bonchev–Trinajstić information content (AvgIpc) is 2.92. The summed E-state index contributed by atoms with van der Waals surface area (Å²) in [5.74, 6) is 0.947. The molecule has 7 heteroatoms. The van der Waals surface area contributed by atoms with Gasteiger partial charge in [0.2, 0.25) is 0 Å². The zero-order valence-corrected chi connectivity index (χ0v) is 21.4. The zero-order valence-electron chi connectivity index (χ0n) is 21.4. The number of hydrogen-bond donors (Lipinski definition) is 2. The van der Waals surface area contributed by atoms with E-state index in [-0.39, 0.29) is 6.61 Å². The van der Waals surface area contributed by atoms with Crippen LogP contribution in [0.25, 0.3) is 6.08 Å². The molecule has 0 saturated heterocycles. The predicted octanol–water partition coefficient (Wildman–Crippen LogP) is 6.14. The molecule has 3 aromatic rings. The predicted molar refractivity (Wildman–Crippen MR) is 149 cm³/mol. The van der Waals surface area contributed by atoms with Gasteiger partial charge in [-0.1, -0.05) is 43.5 Å². The fourth-order valence-electron chi connectivity index (χ4n) is 4.53. The molecule has 1 aliphatic carbocycles. The molecule has 3 aromatic carbocycles. The standard InChI is InChI=1S/C31H34N2O5/c32-26-19-25(20-27(33)21-26)31(35)37-18-4-17-36-28-12-7-22(8-13-28)9-16-30(34)38-29-14-10-24(11-15-29)23-5-2-1-3-6-23/h7-16,19-21,23H,1-6,17-18,32-33H2/b16-9+. The van der Waals surface area contributed by atoms with Gasteiger partial charge in [-0.2, -0.15) is 0 Å². The molecule has 4 rings (SSSR count). The zero-order chi connectivity index (χ0) is 26.7. The van der Waals surface area contributed by atoms with Gasteiger partial charge in [-0.05, 0) is 78.4 Å². The molecule has 0 spiro atoms. The van der Waals surface area contributed by atoms with Crippen LogP contribution in [0.5, 0.6) is 11.5 Å². The van der Waals surface area contributed by atoms with Crippen molar-refractivity contribution in [3.63, 3.8) is 0 Å². The molecule has 0 bridgehead atoms. The monoisotopic (exact) mass is 514 g/mol. The fraction of sp³-hybridized carbons (Fsp3) is 0.290. The van der Waals surface area contributed by atoms with Gasteiger partial charge in [0.1, 0.15) is 11.5 Å². The number of carbonyl (C=O) groups excluding carboxylic acids is 2. The fourth-order valence-corrected chi connectivity index (χ4v) is 4.53. The van der Waals surface area contributed by atoms with Crippen LogP contribution in [-0.4, -0.2) is 25.2 Å². The Morgan fingerprint density at radius 1 is 0.816 bits per heavy atom. The molecule has 0 amide bonds. The molecule has 0 heterocycles. The van der Waals surface area contributed by atoms with Crippen LogP contribution in [-0.2, 0) is 9.53 Å². The van der Waals surface area contributed by atoms with Gasteiger partial charge in [0.15, 0.2) is 0 Å². The Balaban J connectivity index is 1.16. The molecular weight excluding hydrogens is 480 g/mol. The summed E-state index contributed by atoms with van der Waals surface area (Å²) in [7, 11) is 0. The first kappa shape index (κ1) is 26.8. The minimum absolute atomic E-state index is 0.208. The van der Waals surface area contributed by atoms with Crippen molar-refractivity contribution in [2.75, 3.05) is 24.7 Å². The summed E-state index contributed by atoms with van der Waals surface area (Å²) in [6, 6.07) is 19.8. The molecule has 1 saturated carbocycles. The molecule has 7 nitrogen and oxygen atoms in total. The third-order valence-corrected chi connectivity index (χ3v) is 6.47. The summed E-state index contributed by atoms with van der Waals surface area (Å²) < 4.78 is 16.4. The number of esters is 2. The first-order valence-corrected chi connectivity index (χ1v) is 13.0. The number of hydrogen-bond acceptors (Lipinski definition) is 7. The van der Waals surface area contributed by atoms with Gasteiger partial charge in [0, 0.05) is 23.9 Å². The lowest BCUT2D eigenvalue weighted by Gasteiger charge is -2.21. The largest absolute Gasteiger partial charge is 0.493 e. The van der Waals surface area contributed by atoms with Crippen LogP contribution in [0.3, 0.4) is 0 Å². The topological polar surface area (TPSA) is 114 Å². The number of nitrogens with two attached hydrogens (primary N) is 2. The van der Waals surface area contributed by atoms with E-state index in [4.69, 9.17) is 25.7 Å². The molecule has 0 radical (unpaired) electrons. The normalized spacial score (nSPS) is 13.8. The first-order chi connectivity index (χ1) is 18.5. The van der Waals surface area contributed by atoms with Crippen molar-refractivity contribution in [1.29, 1.82) is 0 Å². The summed E-state index contributed by atoms with van der Waals surface area (Å²) >= 11 is 0. The lowest BCUT2D eigenvalue weighted by Crippen LogP contribution is -2.10. The van der Waals surface area contributed by atoms with Crippen LogP contribution in [0.15, 0.2) is 72.8 Å². The number of ether oxygens (including phenoxy) is 3. The maximum Gasteiger partial charge on any atom is 0.338 e. The van der Waals surface area contributed by atoms with Crippen molar-refractivity contribution in [2.24, 2.45) is 0 Å². The maximum absolute atomic E-state index is 12.2. The molecule has 0 aliphatic heterocycles. The minimum atomic E-state index is -0.477. The Bertz CT molecular complexity index is 1230. The minimum Gasteiger partial charge on any atom is -0.493 e. The van der Waals surface area contributed by atoms with E-state index >= 15 is 0 Å². The van der Waals surface area contributed by atoms with E-state index in [1.54, 1.807) is 12.1 Å². The second-order valence-corrected chi connectivity index (χ2v) is 9.45. The lowest BCUT2D eigenvalue weighted by molar-refractivity contribution is -0.128. The van der Waals surface area contributed by atoms with Crippen LogP contribution in [0.4, 0.5) is 11.4 Å². The van der Waals surface area contributed by atoms with Gasteiger partial charge >= 0.3 is 11.9 Å². The summed E-state index contributed by atoms with van der Waals surface area (Å²) in [6.07, 6.45) is 10.0. The van der Waals surface area contributed by atoms with E-state index in [2.05, 4.69) is 12.1 Å². The van der Waals surface area contributed by atoms with E-state index in [9.17, 15) is 9.59 Å². The van der Waals surface area contributed by atoms with E-state index in [0.29, 0.717) is 47.4 Å². The highest BCUT2D eigenvalue weighted by Crippen LogP contribution is 2.33. The lowest BCUT2D eigenvalue weighted by atomic mass is 9.84. The Morgan fingerprint density at radius 3 is 2.16 bits per heavy atom. The highest BCUT2D eigenvalue weighted by atomic mass is 16.5. The Hall–Kier alpha value is -4.26. The van der Waals surface area contributed by atoms with Crippen molar-refractivity contribution >= 4 is 29.4 Å². The van der Waals surface area contributed by atoms with Crippen LogP contribution < -0.4 is 20.9 Å². The highest BCUT2D eigenvalue weighted by molar-refractivity contribution is 5.91. The van der Waals surface area contributed by atoms with Crippen molar-refractivity contribution in [3.8, 4) is 11.5 Å². The Labute approximate surface area is 223 Å². The number of nitrogen functional groups attached to an aromatic ring is 2. The quantitative estimate of drug-likeness (QED) is 0.110. The van der Waals surface area contributed by atoms with Crippen LogP contribution in [0.1, 0.15) is 65.9 Å². The molecule has 0 unspecified atom stereocenters. The maximum atomic E-state index is 12.2. The highest BCUT2D eigenvalue weighted by Gasteiger charge is 2.15. The first-order valence-electron chi connectivity index (χ1n) is 13.0. The molecule has 4 N–H and O–H groups in total. The third-order valence-electron chi connectivity index (χ3n) is 6.47. The van der Waals surface area contributed by atoms with Crippen molar-refractivity contribution in [3.05, 3.63) is 89.5 Å². The summed E-state index contributed by atoms with van der Waals surface area (Å²) in [4.78, 5) is 24.3. The number of benzene rings is 3. The van der Waals surface area contributed by atoms with Crippen molar-refractivity contribution in [2.45, 2.75) is 44.4 Å². The van der Waals surface area contributed by atoms with Gasteiger partial charge in [0.25, 0.3) is 0 Å². The summed E-state index contributed by atoms with van der Waals surface area (Å²) in [5.41, 5.74) is 14.7.